The number of carbonyl (C=O) groups excluding carboxylic acids is 2. The fourth-order valence-electron chi connectivity index (χ4n) is 4.96. The number of nitrogens with one attached hydrogen (secondary N) is 1. The summed E-state index contributed by atoms with van der Waals surface area (Å²) in [6.45, 7) is 5.56. The number of anilines is 1. The Labute approximate surface area is 287 Å². The Hall–Kier alpha value is -4.05. The standard InChI is InChI=1S/C36H39Cl2N3O5S/c1-25(2)22-39-36(43)33(20-27-10-6-5-7-11-27)40(23-28-12-8-9-13-31(28)37)35(42)24-41(29-16-19-34(46-4)32(38)21-29)47(44,45)30-17-14-26(3)15-18-30/h5-19,21,25,33H,20,22-24H2,1-4H3,(H,39,43). The Kier molecular flexibility index (Phi) is 12.3. The van der Waals surface area contributed by atoms with Gasteiger partial charge in [0.2, 0.25) is 11.8 Å². The van der Waals surface area contributed by atoms with Crippen LogP contribution in [0.15, 0.2) is 102 Å². The Morgan fingerprint density at radius 1 is 0.872 bits per heavy atom. The Balaban J connectivity index is 1.83. The van der Waals surface area contributed by atoms with Gasteiger partial charge in [0.25, 0.3) is 10.0 Å². The summed E-state index contributed by atoms with van der Waals surface area (Å²) < 4.78 is 34.8. The third kappa shape index (κ3) is 9.28. The smallest absolute Gasteiger partial charge is 0.264 e. The van der Waals surface area contributed by atoms with Crippen LogP contribution in [0.4, 0.5) is 5.69 Å². The van der Waals surface area contributed by atoms with Crippen molar-refractivity contribution in [3.63, 3.8) is 0 Å². The molecule has 0 radical (unpaired) electrons. The van der Waals surface area contributed by atoms with Crippen LogP contribution in [0.2, 0.25) is 10.0 Å². The van der Waals surface area contributed by atoms with Crippen LogP contribution in [0.25, 0.3) is 0 Å². The topological polar surface area (TPSA) is 96.0 Å². The molecule has 0 bridgehead atoms. The largest absolute Gasteiger partial charge is 0.495 e. The van der Waals surface area contributed by atoms with E-state index in [9.17, 15) is 18.0 Å². The van der Waals surface area contributed by atoms with Crippen LogP contribution < -0.4 is 14.4 Å². The highest BCUT2D eigenvalue weighted by atomic mass is 35.5. The van der Waals surface area contributed by atoms with Crippen LogP contribution in [0.3, 0.4) is 0 Å². The molecular formula is C36H39Cl2N3O5S. The van der Waals surface area contributed by atoms with Gasteiger partial charge in [0.05, 0.1) is 22.7 Å². The molecule has 11 heteroatoms. The van der Waals surface area contributed by atoms with E-state index in [-0.39, 0.29) is 40.4 Å². The van der Waals surface area contributed by atoms with Crippen molar-refractivity contribution in [2.24, 2.45) is 5.92 Å². The predicted octanol–water partition coefficient (Wildman–Crippen LogP) is 6.92. The van der Waals surface area contributed by atoms with Gasteiger partial charge < -0.3 is 15.0 Å². The molecule has 2 amide bonds. The number of carbonyl (C=O) groups is 2. The molecule has 0 aliphatic heterocycles. The van der Waals surface area contributed by atoms with Crippen LogP contribution in [0.1, 0.15) is 30.5 Å². The summed E-state index contributed by atoms with van der Waals surface area (Å²) in [4.78, 5) is 29.9. The van der Waals surface area contributed by atoms with Crippen molar-refractivity contribution in [3.05, 3.63) is 124 Å². The summed E-state index contributed by atoms with van der Waals surface area (Å²) in [7, 11) is -2.83. The quantitative estimate of drug-likeness (QED) is 0.155. The number of sulfonamides is 1. The molecule has 1 atom stereocenters. The molecule has 0 spiro atoms. The second-order valence-corrected chi connectivity index (χ2v) is 14.3. The number of amides is 2. The molecule has 1 unspecified atom stereocenters. The minimum Gasteiger partial charge on any atom is -0.495 e. The van der Waals surface area contributed by atoms with E-state index in [0.717, 1.165) is 15.4 Å². The van der Waals surface area contributed by atoms with E-state index >= 15 is 0 Å². The zero-order valence-electron chi connectivity index (χ0n) is 26.8. The number of aryl methyl sites for hydroxylation is 1. The molecule has 0 saturated carbocycles. The van der Waals surface area contributed by atoms with Gasteiger partial charge in [-0.05, 0) is 60.4 Å². The molecule has 4 aromatic carbocycles. The SMILES string of the molecule is COc1ccc(N(CC(=O)N(Cc2ccccc2Cl)C(Cc2ccccc2)C(=O)NCC(C)C)S(=O)(=O)c2ccc(C)cc2)cc1Cl. The first-order valence-electron chi connectivity index (χ1n) is 15.2. The van der Waals surface area contributed by atoms with E-state index in [2.05, 4.69) is 5.32 Å². The minimum atomic E-state index is -4.28. The monoisotopic (exact) mass is 695 g/mol. The van der Waals surface area contributed by atoms with Gasteiger partial charge >= 0.3 is 0 Å². The van der Waals surface area contributed by atoms with Gasteiger partial charge in [-0.15, -0.1) is 0 Å². The van der Waals surface area contributed by atoms with Crippen molar-refractivity contribution in [1.29, 1.82) is 0 Å². The first kappa shape index (κ1) is 35.8. The second-order valence-electron chi connectivity index (χ2n) is 11.6. The van der Waals surface area contributed by atoms with Crippen molar-refractivity contribution >= 4 is 50.7 Å². The van der Waals surface area contributed by atoms with Gasteiger partial charge in [0.15, 0.2) is 0 Å². The van der Waals surface area contributed by atoms with Crippen LogP contribution in [0, 0.1) is 12.8 Å². The van der Waals surface area contributed by atoms with Crippen molar-refractivity contribution in [3.8, 4) is 5.75 Å². The molecule has 0 aromatic heterocycles. The molecule has 0 aliphatic carbocycles. The molecule has 8 nitrogen and oxygen atoms in total. The fraction of sp³-hybridized carbons (Fsp3) is 0.278. The molecule has 0 saturated heterocycles. The summed E-state index contributed by atoms with van der Waals surface area (Å²) in [5.41, 5.74) is 2.48. The second kappa shape index (κ2) is 16.2. The van der Waals surface area contributed by atoms with Gasteiger partial charge in [0, 0.05) is 24.5 Å². The molecule has 0 aliphatic rings. The summed E-state index contributed by atoms with van der Waals surface area (Å²) in [6.07, 6.45) is 0.194. The maximum Gasteiger partial charge on any atom is 0.264 e. The predicted molar refractivity (Wildman–Crippen MR) is 187 cm³/mol. The molecule has 4 aromatic rings. The lowest BCUT2D eigenvalue weighted by molar-refractivity contribution is -0.140. The van der Waals surface area contributed by atoms with E-state index in [1.165, 1.54) is 36.3 Å². The third-order valence-electron chi connectivity index (χ3n) is 7.57. The average Bonchev–Trinajstić information content (AvgIpc) is 3.05. The van der Waals surface area contributed by atoms with E-state index in [4.69, 9.17) is 27.9 Å². The van der Waals surface area contributed by atoms with Gasteiger partial charge in [-0.3, -0.25) is 13.9 Å². The summed E-state index contributed by atoms with van der Waals surface area (Å²) in [5, 5.41) is 3.56. The number of benzene rings is 4. The zero-order valence-corrected chi connectivity index (χ0v) is 29.1. The van der Waals surface area contributed by atoms with Crippen molar-refractivity contribution in [2.45, 2.75) is 44.7 Å². The van der Waals surface area contributed by atoms with Crippen molar-refractivity contribution in [1.82, 2.24) is 10.2 Å². The number of hydrogen-bond donors (Lipinski definition) is 1. The highest BCUT2D eigenvalue weighted by Gasteiger charge is 2.35. The zero-order chi connectivity index (χ0) is 34.1. The van der Waals surface area contributed by atoms with Gasteiger partial charge in [0.1, 0.15) is 18.3 Å². The van der Waals surface area contributed by atoms with Crippen LogP contribution in [-0.4, -0.2) is 51.4 Å². The number of hydrogen-bond acceptors (Lipinski definition) is 5. The molecule has 0 heterocycles. The molecule has 4 rings (SSSR count). The summed E-state index contributed by atoms with van der Waals surface area (Å²) in [6, 6.07) is 26.3. The lowest BCUT2D eigenvalue weighted by Gasteiger charge is -2.34. The fourth-order valence-corrected chi connectivity index (χ4v) is 6.82. The van der Waals surface area contributed by atoms with E-state index in [1.54, 1.807) is 42.5 Å². The molecule has 47 heavy (non-hydrogen) atoms. The Morgan fingerprint density at radius 2 is 1.53 bits per heavy atom. The number of ether oxygens (including phenoxy) is 1. The van der Waals surface area contributed by atoms with Gasteiger partial charge in [-0.1, -0.05) is 103 Å². The normalized spacial score (nSPS) is 12.0. The maximum atomic E-state index is 14.6. The number of nitrogens with zero attached hydrogens (tertiary/aromatic N) is 2. The first-order chi connectivity index (χ1) is 22.4. The van der Waals surface area contributed by atoms with E-state index in [0.29, 0.717) is 22.9 Å². The molecular weight excluding hydrogens is 657 g/mol. The maximum absolute atomic E-state index is 14.6. The molecule has 248 valence electrons. The van der Waals surface area contributed by atoms with E-state index < -0.39 is 28.5 Å². The number of rotatable bonds is 14. The highest BCUT2D eigenvalue weighted by molar-refractivity contribution is 7.92. The Morgan fingerprint density at radius 3 is 2.15 bits per heavy atom. The van der Waals surface area contributed by atoms with Crippen LogP contribution >= 0.6 is 23.2 Å². The van der Waals surface area contributed by atoms with Crippen molar-refractivity contribution < 1.29 is 22.7 Å². The lowest BCUT2D eigenvalue weighted by atomic mass is 10.0. The van der Waals surface area contributed by atoms with Crippen LogP contribution in [0.5, 0.6) is 5.75 Å². The van der Waals surface area contributed by atoms with Gasteiger partial charge in [-0.25, -0.2) is 8.42 Å². The lowest BCUT2D eigenvalue weighted by Crippen LogP contribution is -2.53. The number of methoxy groups -OCH3 is 1. The first-order valence-corrected chi connectivity index (χ1v) is 17.4. The van der Waals surface area contributed by atoms with E-state index in [1.807, 2.05) is 51.1 Å². The number of halogens is 2. The molecule has 1 N–H and O–H groups in total. The highest BCUT2D eigenvalue weighted by Crippen LogP contribution is 2.32. The van der Waals surface area contributed by atoms with Crippen molar-refractivity contribution in [2.75, 3.05) is 24.5 Å². The Bertz CT molecular complexity index is 1780. The summed E-state index contributed by atoms with van der Waals surface area (Å²) in [5.74, 6) is -0.449. The van der Waals surface area contributed by atoms with Gasteiger partial charge in [-0.2, -0.15) is 0 Å². The summed E-state index contributed by atoms with van der Waals surface area (Å²) >= 11 is 13.0. The van der Waals surface area contributed by atoms with Crippen LogP contribution in [-0.2, 0) is 32.6 Å². The molecule has 0 fully saturated rings. The average molecular weight is 697 g/mol. The third-order valence-corrected chi connectivity index (χ3v) is 10.0. The minimum absolute atomic E-state index is 0.00370.